The van der Waals surface area contributed by atoms with E-state index >= 15 is 0 Å². The van der Waals surface area contributed by atoms with Crippen molar-refractivity contribution in [2.45, 2.75) is 31.7 Å². The van der Waals surface area contributed by atoms with Gasteiger partial charge in [-0.25, -0.2) is 9.97 Å². The molecule has 2 aliphatic rings. The van der Waals surface area contributed by atoms with Crippen molar-refractivity contribution in [1.82, 2.24) is 9.97 Å². The Morgan fingerprint density at radius 2 is 2.10 bits per heavy atom. The molecule has 1 aliphatic heterocycles. The average Bonchev–Trinajstić information content (AvgIpc) is 3.32. The Bertz CT molecular complexity index is 652. The van der Waals surface area contributed by atoms with Gasteiger partial charge in [0.2, 0.25) is 0 Å². The van der Waals surface area contributed by atoms with Crippen LogP contribution in [0.4, 0.5) is 5.82 Å². The first-order chi connectivity index (χ1) is 9.81. The number of hydrogen-bond donors (Lipinski definition) is 0. The molecule has 0 unspecified atom stereocenters. The van der Waals surface area contributed by atoms with Gasteiger partial charge in [0.15, 0.2) is 0 Å². The highest BCUT2D eigenvalue weighted by Crippen LogP contribution is 2.38. The molecule has 0 atom stereocenters. The van der Waals surface area contributed by atoms with Crippen LogP contribution in [-0.2, 0) is 13.0 Å². The van der Waals surface area contributed by atoms with Gasteiger partial charge in [0, 0.05) is 29.7 Å². The molecule has 1 saturated carbocycles. The lowest BCUT2D eigenvalue weighted by molar-refractivity contribution is 0.711. The fourth-order valence-electron chi connectivity index (χ4n) is 2.84. The number of rotatable bonds is 2. The maximum atomic E-state index is 4.76. The van der Waals surface area contributed by atoms with Gasteiger partial charge in [-0.1, -0.05) is 28.1 Å². The van der Waals surface area contributed by atoms with E-state index in [0.29, 0.717) is 5.92 Å². The van der Waals surface area contributed by atoms with E-state index in [1.54, 1.807) is 0 Å². The second-order valence-corrected chi connectivity index (χ2v) is 6.45. The van der Waals surface area contributed by atoms with Crippen LogP contribution in [0.15, 0.2) is 34.9 Å². The van der Waals surface area contributed by atoms with Gasteiger partial charge in [0.1, 0.15) is 11.6 Å². The predicted molar refractivity (Wildman–Crippen MR) is 82.9 cm³/mol. The van der Waals surface area contributed by atoms with Crippen molar-refractivity contribution in [3.05, 3.63) is 51.9 Å². The van der Waals surface area contributed by atoms with Crippen LogP contribution in [0.25, 0.3) is 0 Å². The highest BCUT2D eigenvalue weighted by Gasteiger charge is 2.27. The zero-order valence-corrected chi connectivity index (χ0v) is 12.8. The summed E-state index contributed by atoms with van der Waals surface area (Å²) in [6, 6.07) is 8.50. The molecular weight excluding hydrogens is 314 g/mol. The molecule has 4 heteroatoms. The number of nitrogens with zero attached hydrogens (tertiary/aromatic N) is 3. The third-order valence-corrected chi connectivity index (χ3v) is 4.88. The summed E-state index contributed by atoms with van der Waals surface area (Å²) in [5, 5.41) is 0. The van der Waals surface area contributed by atoms with Crippen molar-refractivity contribution in [2.24, 2.45) is 0 Å². The van der Waals surface area contributed by atoms with Gasteiger partial charge < -0.3 is 4.90 Å². The van der Waals surface area contributed by atoms with Crippen molar-refractivity contribution < 1.29 is 0 Å². The number of hydrogen-bond acceptors (Lipinski definition) is 3. The first kappa shape index (κ1) is 12.3. The van der Waals surface area contributed by atoms with Crippen LogP contribution in [0.5, 0.6) is 0 Å². The summed E-state index contributed by atoms with van der Waals surface area (Å²) in [5.41, 5.74) is 2.84. The van der Waals surface area contributed by atoms with E-state index in [4.69, 9.17) is 4.98 Å². The average molecular weight is 330 g/mol. The molecule has 0 radical (unpaired) electrons. The summed E-state index contributed by atoms with van der Waals surface area (Å²) in [7, 11) is 0. The van der Waals surface area contributed by atoms with Crippen LogP contribution in [-0.4, -0.2) is 16.5 Å². The molecule has 1 aliphatic carbocycles. The van der Waals surface area contributed by atoms with Gasteiger partial charge in [-0.15, -0.1) is 0 Å². The molecule has 2 heterocycles. The summed E-state index contributed by atoms with van der Waals surface area (Å²) < 4.78 is 1.23. The van der Waals surface area contributed by atoms with Crippen molar-refractivity contribution in [2.75, 3.05) is 11.4 Å². The Balaban J connectivity index is 1.63. The smallest absolute Gasteiger partial charge is 0.133 e. The van der Waals surface area contributed by atoms with E-state index < -0.39 is 0 Å². The largest absolute Gasteiger partial charge is 0.352 e. The maximum Gasteiger partial charge on any atom is 0.133 e. The Kier molecular flexibility index (Phi) is 2.99. The van der Waals surface area contributed by atoms with Crippen molar-refractivity contribution >= 4 is 21.7 Å². The van der Waals surface area contributed by atoms with Gasteiger partial charge in [-0.3, -0.25) is 0 Å². The van der Waals surface area contributed by atoms with E-state index in [1.807, 2.05) is 12.3 Å². The van der Waals surface area contributed by atoms with Crippen LogP contribution in [0.3, 0.4) is 0 Å². The summed E-state index contributed by atoms with van der Waals surface area (Å²) in [6.07, 6.45) is 5.48. The minimum absolute atomic E-state index is 0.612. The molecule has 2 aromatic rings. The molecule has 0 bridgehead atoms. The quantitative estimate of drug-likeness (QED) is 0.841. The standard InChI is InChI=1S/C16H16BrN3/c17-14-3-1-2-12-10-20(9-7-13(12)14)15-6-8-18-16(19-15)11-4-5-11/h1-3,6,8,11H,4-5,7,9-10H2. The Morgan fingerprint density at radius 3 is 2.95 bits per heavy atom. The summed E-state index contributed by atoms with van der Waals surface area (Å²) in [6.45, 7) is 1.96. The van der Waals surface area contributed by atoms with Gasteiger partial charge >= 0.3 is 0 Å². The predicted octanol–water partition coefficient (Wildman–Crippen LogP) is 3.68. The van der Waals surface area contributed by atoms with E-state index in [-0.39, 0.29) is 0 Å². The van der Waals surface area contributed by atoms with Gasteiger partial charge in [-0.2, -0.15) is 0 Å². The number of halogens is 1. The van der Waals surface area contributed by atoms with Crippen molar-refractivity contribution in [1.29, 1.82) is 0 Å². The minimum atomic E-state index is 0.612. The molecule has 1 aromatic carbocycles. The Labute approximate surface area is 127 Å². The minimum Gasteiger partial charge on any atom is -0.352 e. The summed E-state index contributed by atoms with van der Waals surface area (Å²) >= 11 is 3.65. The zero-order valence-electron chi connectivity index (χ0n) is 11.2. The lowest BCUT2D eigenvalue weighted by atomic mass is 10.00. The maximum absolute atomic E-state index is 4.76. The molecule has 1 aromatic heterocycles. The molecule has 4 rings (SSSR count). The molecule has 20 heavy (non-hydrogen) atoms. The van der Waals surface area contributed by atoms with E-state index in [2.05, 4.69) is 44.0 Å². The molecular formula is C16H16BrN3. The third-order valence-electron chi connectivity index (χ3n) is 4.13. The molecule has 0 N–H and O–H groups in total. The Hall–Kier alpha value is -1.42. The Morgan fingerprint density at radius 1 is 1.20 bits per heavy atom. The number of aromatic nitrogens is 2. The zero-order chi connectivity index (χ0) is 13.5. The van der Waals surface area contributed by atoms with Crippen LogP contribution < -0.4 is 4.90 Å². The monoisotopic (exact) mass is 329 g/mol. The molecule has 102 valence electrons. The second kappa shape index (κ2) is 4.85. The summed E-state index contributed by atoms with van der Waals surface area (Å²) in [4.78, 5) is 11.5. The molecule has 0 saturated heterocycles. The number of benzene rings is 1. The molecule has 1 fully saturated rings. The third kappa shape index (κ3) is 2.22. The van der Waals surface area contributed by atoms with E-state index in [0.717, 1.165) is 31.2 Å². The summed E-state index contributed by atoms with van der Waals surface area (Å²) in [5.74, 6) is 2.72. The van der Waals surface area contributed by atoms with Crippen molar-refractivity contribution in [3.63, 3.8) is 0 Å². The normalized spacial score (nSPS) is 17.9. The SMILES string of the molecule is Brc1cccc2c1CCN(c1ccnc(C3CC3)n1)C2. The van der Waals surface area contributed by atoms with Crippen molar-refractivity contribution in [3.8, 4) is 0 Å². The number of anilines is 1. The van der Waals surface area contributed by atoms with Crippen LogP contribution in [0.2, 0.25) is 0 Å². The van der Waals surface area contributed by atoms with Gasteiger partial charge in [-0.05, 0) is 42.5 Å². The highest BCUT2D eigenvalue weighted by molar-refractivity contribution is 9.10. The van der Waals surface area contributed by atoms with Crippen LogP contribution >= 0.6 is 15.9 Å². The fraction of sp³-hybridized carbons (Fsp3) is 0.375. The first-order valence-corrected chi connectivity index (χ1v) is 7.95. The van der Waals surface area contributed by atoms with Crippen LogP contribution in [0, 0.1) is 0 Å². The van der Waals surface area contributed by atoms with E-state index in [9.17, 15) is 0 Å². The topological polar surface area (TPSA) is 29.0 Å². The van der Waals surface area contributed by atoms with E-state index in [1.165, 1.54) is 28.4 Å². The number of fused-ring (bicyclic) bond motifs is 1. The lowest BCUT2D eigenvalue weighted by Crippen LogP contribution is -2.31. The molecule has 0 amide bonds. The van der Waals surface area contributed by atoms with Gasteiger partial charge in [0.05, 0.1) is 0 Å². The lowest BCUT2D eigenvalue weighted by Gasteiger charge is -2.30. The first-order valence-electron chi connectivity index (χ1n) is 7.15. The molecule has 3 nitrogen and oxygen atoms in total. The molecule has 0 spiro atoms. The second-order valence-electron chi connectivity index (χ2n) is 5.60. The fourth-order valence-corrected chi connectivity index (χ4v) is 3.44. The van der Waals surface area contributed by atoms with Gasteiger partial charge in [0.25, 0.3) is 0 Å². The van der Waals surface area contributed by atoms with Crippen LogP contribution in [0.1, 0.15) is 35.7 Å². The highest BCUT2D eigenvalue weighted by atomic mass is 79.9.